The first kappa shape index (κ1) is 19.9. The fraction of sp³-hybridized carbons (Fsp3) is 0.412. The van der Waals surface area contributed by atoms with Crippen LogP contribution in [0.2, 0.25) is 0 Å². The first-order valence-electron chi connectivity index (χ1n) is 8.38. The number of halogens is 1. The van der Waals surface area contributed by atoms with Gasteiger partial charge in [-0.15, -0.1) is 0 Å². The minimum atomic E-state index is -1.81. The van der Waals surface area contributed by atoms with Crippen molar-refractivity contribution in [1.29, 1.82) is 0 Å². The zero-order valence-corrected chi connectivity index (χ0v) is 14.3. The Balaban J connectivity index is 1.89. The average Bonchev–Trinajstić information content (AvgIpc) is 2.62. The summed E-state index contributed by atoms with van der Waals surface area (Å²) in [5.41, 5.74) is 0.630. The number of alkyl carbamates (subject to hydrolysis) is 1. The van der Waals surface area contributed by atoms with E-state index in [4.69, 9.17) is 4.74 Å². The lowest BCUT2D eigenvalue weighted by atomic mass is 9.76. The van der Waals surface area contributed by atoms with Crippen molar-refractivity contribution in [1.82, 2.24) is 10.2 Å². The number of nitrogens with zero attached hydrogens (tertiary/aromatic N) is 1. The zero-order valence-electron chi connectivity index (χ0n) is 14.3. The van der Waals surface area contributed by atoms with E-state index in [0.717, 1.165) is 0 Å². The number of hydrogen-bond acceptors (Lipinski definition) is 5. The van der Waals surface area contributed by atoms with E-state index in [2.05, 4.69) is 11.9 Å². The minimum Gasteiger partial charge on any atom is -0.444 e. The Morgan fingerprint density at radius 1 is 1.42 bits per heavy atom. The molecule has 0 bridgehead atoms. The van der Waals surface area contributed by atoms with Crippen LogP contribution in [-0.2, 0) is 16.0 Å². The van der Waals surface area contributed by atoms with Crippen LogP contribution in [0.3, 0.4) is 0 Å². The maximum atomic E-state index is 12.9. The van der Waals surface area contributed by atoms with Crippen molar-refractivity contribution in [3.8, 4) is 0 Å². The van der Waals surface area contributed by atoms with Crippen LogP contribution < -0.4 is 5.32 Å². The third kappa shape index (κ3) is 5.85. The first-order chi connectivity index (χ1) is 12.4. The number of amides is 2. The van der Waals surface area contributed by atoms with Crippen LogP contribution in [0.15, 0.2) is 36.9 Å². The van der Waals surface area contributed by atoms with E-state index in [1.807, 2.05) is 0 Å². The van der Waals surface area contributed by atoms with E-state index >= 15 is 0 Å². The van der Waals surface area contributed by atoms with Crippen molar-refractivity contribution < 1.29 is 28.8 Å². The molecule has 0 unspecified atom stereocenters. The summed E-state index contributed by atoms with van der Waals surface area (Å²) in [6, 6.07) is 5.50. The van der Waals surface area contributed by atoms with Gasteiger partial charge in [0.25, 0.3) is 0 Å². The van der Waals surface area contributed by atoms with Crippen LogP contribution in [0.5, 0.6) is 0 Å². The van der Waals surface area contributed by atoms with Gasteiger partial charge in [-0.05, 0) is 43.0 Å². The molecular weight excluding hydrogens is 342 g/mol. The maximum absolute atomic E-state index is 12.9. The predicted molar refractivity (Wildman–Crippen MR) is 93.5 cm³/mol. The highest BCUT2D eigenvalue weighted by Gasteiger charge is 2.29. The molecule has 1 fully saturated rings. The molecule has 2 rings (SSSR count). The van der Waals surface area contributed by atoms with Crippen molar-refractivity contribution in [3.63, 3.8) is 0 Å². The van der Waals surface area contributed by atoms with Gasteiger partial charge in [0, 0.05) is 6.54 Å². The number of hydrogen-bond donors (Lipinski definition) is 3. The van der Waals surface area contributed by atoms with E-state index in [9.17, 15) is 24.0 Å². The monoisotopic (exact) mass is 364 g/mol. The second-order valence-corrected chi connectivity index (χ2v) is 6.15. The molecule has 0 spiro atoms. The molecule has 0 saturated carbocycles. The molecule has 26 heavy (non-hydrogen) atoms. The molecule has 0 aliphatic carbocycles. The van der Waals surface area contributed by atoms with Gasteiger partial charge in [-0.2, -0.15) is 0 Å². The van der Waals surface area contributed by atoms with Crippen LogP contribution in [0.25, 0.3) is 0 Å². The summed E-state index contributed by atoms with van der Waals surface area (Å²) in [5.74, 6) is -1.64. The summed E-state index contributed by atoms with van der Waals surface area (Å²) in [5, 5.41) is 21.4. The number of rotatable bonds is 6. The molecule has 0 aromatic heterocycles. The molecule has 0 radical (unpaired) electrons. The van der Waals surface area contributed by atoms with Crippen LogP contribution in [0.1, 0.15) is 18.4 Å². The largest absolute Gasteiger partial charge is 0.475 e. The molecule has 1 heterocycles. The summed E-state index contributed by atoms with van der Waals surface area (Å²) >= 11 is 0. The minimum absolute atomic E-state index is 0.0960. The number of carbonyl (C=O) groups excluding carboxylic acids is 2. The van der Waals surface area contributed by atoms with E-state index in [0.29, 0.717) is 24.9 Å². The Morgan fingerprint density at radius 3 is 2.73 bits per heavy atom. The van der Waals surface area contributed by atoms with Gasteiger partial charge in [0.15, 0.2) is 0 Å². The fourth-order valence-corrected chi connectivity index (χ4v) is 2.81. The lowest BCUT2D eigenvalue weighted by molar-refractivity contribution is -0.129. The molecule has 140 valence electrons. The molecule has 2 amide bonds. The highest BCUT2D eigenvalue weighted by Crippen LogP contribution is 2.14. The van der Waals surface area contributed by atoms with Crippen molar-refractivity contribution >= 4 is 19.1 Å². The van der Waals surface area contributed by atoms with E-state index in [1.165, 1.54) is 30.3 Å². The Morgan fingerprint density at radius 2 is 2.12 bits per heavy atom. The van der Waals surface area contributed by atoms with Crippen LogP contribution in [0.4, 0.5) is 9.18 Å². The van der Waals surface area contributed by atoms with Gasteiger partial charge in [0.05, 0.1) is 12.5 Å². The summed E-state index contributed by atoms with van der Waals surface area (Å²) in [7, 11) is -1.81. The highest BCUT2D eigenvalue weighted by molar-refractivity contribution is 6.43. The van der Waals surface area contributed by atoms with Crippen molar-refractivity contribution in [2.24, 2.45) is 0 Å². The van der Waals surface area contributed by atoms with Crippen molar-refractivity contribution in [3.05, 3.63) is 48.3 Å². The zero-order chi connectivity index (χ0) is 19.1. The normalized spacial score (nSPS) is 18.0. The highest BCUT2D eigenvalue weighted by atomic mass is 19.1. The molecule has 2 atom stereocenters. The smallest absolute Gasteiger partial charge is 0.444 e. The van der Waals surface area contributed by atoms with E-state index in [-0.39, 0.29) is 18.9 Å². The lowest BCUT2D eigenvalue weighted by Gasteiger charge is -2.32. The molecule has 1 aliphatic rings. The molecule has 1 aromatic carbocycles. The quantitative estimate of drug-likeness (QED) is 0.509. The average molecular weight is 364 g/mol. The van der Waals surface area contributed by atoms with Crippen LogP contribution in [0, 0.1) is 5.82 Å². The number of nitrogens with one attached hydrogen (secondary N) is 1. The van der Waals surface area contributed by atoms with Crippen molar-refractivity contribution in [2.75, 3.05) is 13.1 Å². The number of ether oxygens (including phenoxy) is 1. The van der Waals surface area contributed by atoms with Gasteiger partial charge < -0.3 is 25.0 Å². The number of benzene rings is 1. The van der Waals surface area contributed by atoms with Crippen LogP contribution >= 0.6 is 0 Å². The van der Waals surface area contributed by atoms with Gasteiger partial charge in [-0.1, -0.05) is 18.7 Å². The Labute approximate surface area is 151 Å². The van der Waals surface area contributed by atoms with Crippen molar-refractivity contribution in [2.45, 2.75) is 31.3 Å². The molecule has 9 heteroatoms. The first-order valence-corrected chi connectivity index (χ1v) is 8.38. The second kappa shape index (κ2) is 9.35. The molecule has 1 aromatic rings. The Hall–Kier alpha value is -2.39. The fourth-order valence-electron chi connectivity index (χ4n) is 2.81. The summed E-state index contributed by atoms with van der Waals surface area (Å²) in [6.45, 7) is 4.28. The molecule has 3 N–H and O–H groups in total. The van der Waals surface area contributed by atoms with Gasteiger partial charge in [-0.3, -0.25) is 4.79 Å². The third-order valence-corrected chi connectivity index (χ3v) is 4.17. The van der Waals surface area contributed by atoms with E-state index < -0.39 is 31.1 Å². The Kier molecular flexibility index (Phi) is 7.17. The topological polar surface area (TPSA) is 99.1 Å². The van der Waals surface area contributed by atoms with Crippen LogP contribution in [-0.4, -0.2) is 59.2 Å². The molecular formula is C17H22BFN2O5. The standard InChI is InChI=1S/C17H22BFN2O5/c1-2-16(22)21-9-3-4-14(11-21)26-17(23)20-15(18(24)25)10-12-5-7-13(19)8-6-12/h2,5-8,14-15,24-25H,1,3-4,9-11H2,(H,20,23)/t14-,15-/m0/s1. The predicted octanol–water partition coefficient (Wildman–Crippen LogP) is 0.652. The third-order valence-electron chi connectivity index (χ3n) is 4.17. The second-order valence-electron chi connectivity index (χ2n) is 6.15. The molecule has 1 aliphatic heterocycles. The van der Waals surface area contributed by atoms with Gasteiger partial charge in [0.2, 0.25) is 5.91 Å². The lowest BCUT2D eigenvalue weighted by Crippen LogP contribution is -2.50. The van der Waals surface area contributed by atoms with Gasteiger partial charge in [-0.25, -0.2) is 9.18 Å². The summed E-state index contributed by atoms with van der Waals surface area (Å²) < 4.78 is 18.2. The number of piperidine rings is 1. The molecule has 7 nitrogen and oxygen atoms in total. The molecule has 1 saturated heterocycles. The van der Waals surface area contributed by atoms with Gasteiger partial charge >= 0.3 is 13.2 Å². The summed E-state index contributed by atoms with van der Waals surface area (Å²) in [4.78, 5) is 25.3. The number of likely N-dealkylation sites (tertiary alicyclic amines) is 1. The summed E-state index contributed by atoms with van der Waals surface area (Å²) in [6.07, 6.45) is 1.33. The maximum Gasteiger partial charge on any atom is 0.475 e. The van der Waals surface area contributed by atoms with E-state index in [1.54, 1.807) is 4.90 Å². The van der Waals surface area contributed by atoms with Gasteiger partial charge in [0.1, 0.15) is 11.9 Å². The number of carbonyl (C=O) groups is 2. The Bertz CT molecular complexity index is 641. The SMILES string of the molecule is C=CC(=O)N1CCC[C@H](OC(=O)N[C@@H](Cc2ccc(F)cc2)B(O)O)C1.